The van der Waals surface area contributed by atoms with Crippen LogP contribution >= 0.6 is 23.1 Å². The Balaban J connectivity index is 2.18. The Hall–Kier alpha value is -1.35. The van der Waals surface area contributed by atoms with E-state index in [0.717, 1.165) is 16.2 Å². The highest BCUT2D eigenvalue weighted by atomic mass is 32.2. The summed E-state index contributed by atoms with van der Waals surface area (Å²) in [6.07, 6.45) is 1.94. The van der Waals surface area contributed by atoms with Crippen LogP contribution in [0.2, 0.25) is 0 Å². The molecular weight excluding hydrogens is 316 g/mol. The lowest BCUT2D eigenvalue weighted by atomic mass is 10.3. The Morgan fingerprint density at radius 2 is 2.10 bits per heavy atom. The number of anilines is 1. The maximum Gasteiger partial charge on any atom is 0.256 e. The van der Waals surface area contributed by atoms with Crippen LogP contribution in [0.15, 0.2) is 44.8 Å². The van der Waals surface area contributed by atoms with Gasteiger partial charge >= 0.3 is 0 Å². The number of nitrogens with two attached hydrogens (primary N) is 1. The van der Waals surface area contributed by atoms with Crippen molar-refractivity contribution in [1.29, 1.82) is 0 Å². The van der Waals surface area contributed by atoms with Crippen LogP contribution in [-0.2, 0) is 10.0 Å². The molecule has 0 saturated carbocycles. The molecular formula is C12H12N2O3S3. The number of carbonyl (C=O) groups is 1. The third-order valence-corrected chi connectivity index (χ3v) is 5.56. The molecule has 5 nitrogen and oxygen atoms in total. The first-order chi connectivity index (χ1) is 9.40. The smallest absolute Gasteiger partial charge is 0.256 e. The second-order valence-electron chi connectivity index (χ2n) is 3.89. The average molecular weight is 328 g/mol. The van der Waals surface area contributed by atoms with E-state index < -0.39 is 10.0 Å². The van der Waals surface area contributed by atoms with E-state index in [1.807, 2.05) is 24.5 Å². The average Bonchev–Trinajstić information content (AvgIpc) is 2.88. The Morgan fingerprint density at radius 1 is 1.35 bits per heavy atom. The largest absolute Gasteiger partial charge is 0.322 e. The highest BCUT2D eigenvalue weighted by Gasteiger charge is 2.15. The van der Waals surface area contributed by atoms with E-state index in [4.69, 9.17) is 5.14 Å². The minimum atomic E-state index is -3.76. The first-order valence-corrected chi connectivity index (χ1v) is 9.12. The van der Waals surface area contributed by atoms with E-state index >= 15 is 0 Å². The summed E-state index contributed by atoms with van der Waals surface area (Å²) in [7, 11) is -3.76. The molecule has 0 aliphatic heterocycles. The van der Waals surface area contributed by atoms with Crippen LogP contribution < -0.4 is 10.5 Å². The summed E-state index contributed by atoms with van der Waals surface area (Å²) in [6.45, 7) is 0. The summed E-state index contributed by atoms with van der Waals surface area (Å²) < 4.78 is 22.3. The van der Waals surface area contributed by atoms with Gasteiger partial charge < -0.3 is 5.32 Å². The summed E-state index contributed by atoms with van der Waals surface area (Å²) in [5.41, 5.74) is 0.929. The molecule has 3 N–H and O–H groups in total. The zero-order valence-corrected chi connectivity index (χ0v) is 12.9. The standard InChI is InChI=1S/C12H12N2O3S3/c1-18-10-4-2-3-9(6-10)14-12(15)8-5-11(19-7-8)20(13,16)17/h2-7H,1H3,(H,14,15)(H2,13,16,17). The third-order valence-electron chi connectivity index (χ3n) is 2.45. The number of hydrogen-bond acceptors (Lipinski definition) is 5. The van der Waals surface area contributed by atoms with Crippen molar-refractivity contribution in [1.82, 2.24) is 0 Å². The monoisotopic (exact) mass is 328 g/mol. The van der Waals surface area contributed by atoms with Crippen molar-refractivity contribution in [2.75, 3.05) is 11.6 Å². The van der Waals surface area contributed by atoms with Gasteiger partial charge in [-0.2, -0.15) is 0 Å². The number of thiophene rings is 1. The maximum absolute atomic E-state index is 12.0. The molecule has 0 saturated heterocycles. The fourth-order valence-electron chi connectivity index (χ4n) is 1.49. The molecule has 1 heterocycles. The fraction of sp³-hybridized carbons (Fsp3) is 0.0833. The molecule has 0 radical (unpaired) electrons. The number of rotatable bonds is 4. The molecule has 0 fully saturated rings. The number of thioether (sulfide) groups is 1. The van der Waals surface area contributed by atoms with Gasteiger partial charge in [-0.05, 0) is 30.5 Å². The first kappa shape index (κ1) is 15.0. The van der Waals surface area contributed by atoms with Gasteiger partial charge in [0.2, 0.25) is 10.0 Å². The minimum Gasteiger partial charge on any atom is -0.322 e. The predicted molar refractivity (Wildman–Crippen MR) is 81.9 cm³/mol. The predicted octanol–water partition coefficient (Wildman–Crippen LogP) is 2.37. The molecule has 0 spiro atoms. The fourth-order valence-corrected chi connectivity index (χ4v) is 3.53. The molecule has 0 atom stereocenters. The molecule has 20 heavy (non-hydrogen) atoms. The van der Waals surface area contributed by atoms with Crippen LogP contribution in [0.4, 0.5) is 5.69 Å². The number of amides is 1. The lowest BCUT2D eigenvalue weighted by Gasteiger charge is -2.05. The molecule has 1 amide bonds. The van der Waals surface area contributed by atoms with Crippen molar-refractivity contribution >= 4 is 44.7 Å². The molecule has 0 unspecified atom stereocenters. The van der Waals surface area contributed by atoms with Gasteiger partial charge in [0, 0.05) is 16.0 Å². The van der Waals surface area contributed by atoms with Crippen molar-refractivity contribution < 1.29 is 13.2 Å². The normalized spacial score (nSPS) is 11.3. The maximum atomic E-state index is 12.0. The van der Waals surface area contributed by atoms with Crippen molar-refractivity contribution in [2.24, 2.45) is 5.14 Å². The summed E-state index contributed by atoms with van der Waals surface area (Å²) in [5, 5.41) is 9.19. The van der Waals surface area contributed by atoms with E-state index in [2.05, 4.69) is 5.32 Å². The van der Waals surface area contributed by atoms with E-state index in [1.165, 1.54) is 11.4 Å². The second-order valence-corrected chi connectivity index (χ2v) is 7.46. The van der Waals surface area contributed by atoms with Crippen LogP contribution in [0.1, 0.15) is 10.4 Å². The molecule has 0 aliphatic carbocycles. The van der Waals surface area contributed by atoms with Crippen LogP contribution in [0.25, 0.3) is 0 Å². The number of sulfonamides is 1. The molecule has 1 aromatic carbocycles. The van der Waals surface area contributed by atoms with Crippen LogP contribution in [-0.4, -0.2) is 20.6 Å². The Morgan fingerprint density at radius 3 is 2.70 bits per heavy atom. The molecule has 2 rings (SSSR count). The van der Waals surface area contributed by atoms with Gasteiger partial charge in [-0.1, -0.05) is 6.07 Å². The summed E-state index contributed by atoms with van der Waals surface area (Å²) in [6, 6.07) is 8.66. The number of primary sulfonamides is 1. The lowest BCUT2D eigenvalue weighted by Crippen LogP contribution is -2.12. The van der Waals surface area contributed by atoms with E-state index in [1.54, 1.807) is 17.8 Å². The van der Waals surface area contributed by atoms with Crippen molar-refractivity contribution in [3.8, 4) is 0 Å². The topological polar surface area (TPSA) is 89.3 Å². The Kier molecular flexibility index (Phi) is 4.48. The van der Waals surface area contributed by atoms with Gasteiger partial charge in [-0.3, -0.25) is 4.79 Å². The van der Waals surface area contributed by atoms with Gasteiger partial charge in [0.1, 0.15) is 4.21 Å². The molecule has 0 aliphatic rings. The molecule has 8 heteroatoms. The summed E-state index contributed by atoms with van der Waals surface area (Å²) in [5.74, 6) is -0.366. The zero-order valence-electron chi connectivity index (χ0n) is 10.5. The minimum absolute atomic E-state index is 0.0273. The van der Waals surface area contributed by atoms with Gasteiger partial charge in [-0.25, -0.2) is 13.6 Å². The summed E-state index contributed by atoms with van der Waals surface area (Å²) >= 11 is 2.49. The first-order valence-electron chi connectivity index (χ1n) is 5.47. The van der Waals surface area contributed by atoms with Gasteiger partial charge in [0.25, 0.3) is 5.91 Å². The zero-order chi connectivity index (χ0) is 14.8. The number of carbonyl (C=O) groups excluding carboxylic acids is 1. The molecule has 106 valence electrons. The van der Waals surface area contributed by atoms with E-state index in [-0.39, 0.29) is 15.7 Å². The summed E-state index contributed by atoms with van der Waals surface area (Å²) in [4.78, 5) is 13.0. The van der Waals surface area contributed by atoms with Gasteiger partial charge in [0.15, 0.2) is 0 Å². The van der Waals surface area contributed by atoms with E-state index in [0.29, 0.717) is 5.69 Å². The highest BCUT2D eigenvalue weighted by Crippen LogP contribution is 2.22. The van der Waals surface area contributed by atoms with Gasteiger partial charge in [0.05, 0.1) is 5.56 Å². The van der Waals surface area contributed by atoms with Crippen LogP contribution in [0.3, 0.4) is 0 Å². The lowest BCUT2D eigenvalue weighted by molar-refractivity contribution is 0.102. The second kappa shape index (κ2) is 5.96. The number of benzene rings is 1. The van der Waals surface area contributed by atoms with Crippen molar-refractivity contribution in [3.63, 3.8) is 0 Å². The van der Waals surface area contributed by atoms with Crippen LogP contribution in [0.5, 0.6) is 0 Å². The SMILES string of the molecule is CSc1cccc(NC(=O)c2csc(S(N)(=O)=O)c2)c1. The number of nitrogens with one attached hydrogen (secondary N) is 1. The van der Waals surface area contributed by atoms with Crippen molar-refractivity contribution in [3.05, 3.63) is 41.3 Å². The molecule has 1 aromatic heterocycles. The molecule has 2 aromatic rings. The van der Waals surface area contributed by atoms with Gasteiger partial charge in [-0.15, -0.1) is 23.1 Å². The Bertz CT molecular complexity index is 738. The van der Waals surface area contributed by atoms with Crippen LogP contribution in [0, 0.1) is 0 Å². The van der Waals surface area contributed by atoms with E-state index in [9.17, 15) is 13.2 Å². The van der Waals surface area contributed by atoms with Crippen molar-refractivity contribution in [2.45, 2.75) is 9.10 Å². The number of hydrogen-bond donors (Lipinski definition) is 2. The Labute approximate surface area is 125 Å². The highest BCUT2D eigenvalue weighted by molar-refractivity contribution is 7.98. The quantitative estimate of drug-likeness (QED) is 0.843. The molecule has 0 bridgehead atoms. The third kappa shape index (κ3) is 3.60.